The van der Waals surface area contributed by atoms with E-state index in [0.717, 1.165) is 23.9 Å². The summed E-state index contributed by atoms with van der Waals surface area (Å²) in [7, 11) is 0. The topological polar surface area (TPSA) is 47.0 Å². The fourth-order valence-corrected chi connectivity index (χ4v) is 1.21. The summed E-state index contributed by atoms with van der Waals surface area (Å²) in [6.07, 6.45) is 0.205. The van der Waals surface area contributed by atoms with Gasteiger partial charge in [-0.25, -0.2) is 9.97 Å². The highest BCUT2D eigenvalue weighted by molar-refractivity contribution is 5.35. The lowest BCUT2D eigenvalue weighted by Gasteiger charge is -2.09. The Morgan fingerprint density at radius 1 is 1.40 bits per heavy atom. The van der Waals surface area contributed by atoms with Crippen LogP contribution in [0.1, 0.15) is 32.3 Å². The average Bonchev–Trinajstić information content (AvgIpc) is 2.14. The highest BCUT2D eigenvalue weighted by atomic mass is 16.5. The summed E-state index contributed by atoms with van der Waals surface area (Å²) in [6, 6.07) is 1.93. The molecule has 1 rings (SSSR count). The van der Waals surface area contributed by atoms with Gasteiger partial charge in [0.2, 0.25) is 0 Å². The smallest absolute Gasteiger partial charge is 0.156 e. The molecule has 0 fully saturated rings. The van der Waals surface area contributed by atoms with Gasteiger partial charge < -0.3 is 10.1 Å². The molecule has 4 heteroatoms. The van der Waals surface area contributed by atoms with Crippen molar-refractivity contribution in [1.82, 2.24) is 9.97 Å². The van der Waals surface area contributed by atoms with E-state index in [-0.39, 0.29) is 6.10 Å². The predicted molar refractivity (Wildman–Crippen MR) is 60.9 cm³/mol. The van der Waals surface area contributed by atoms with E-state index in [1.165, 1.54) is 0 Å². The molecule has 0 bridgehead atoms. The summed E-state index contributed by atoms with van der Waals surface area (Å²) in [5, 5.41) is 3.17. The van der Waals surface area contributed by atoms with E-state index >= 15 is 0 Å². The van der Waals surface area contributed by atoms with Crippen LogP contribution in [0.4, 0.5) is 5.82 Å². The third-order valence-corrected chi connectivity index (χ3v) is 1.80. The Bertz CT molecular complexity index is 313. The number of anilines is 1. The molecule has 1 heterocycles. The molecular weight excluding hydrogens is 190 g/mol. The first-order valence-electron chi connectivity index (χ1n) is 5.32. The standard InChI is InChI=1S/C11H19N3O/c1-5-12-10-6-9(4)13-11(14-10)7-15-8(2)3/h6,8H,5,7H2,1-4H3,(H,12,13,14). The third-order valence-electron chi connectivity index (χ3n) is 1.80. The van der Waals surface area contributed by atoms with Gasteiger partial charge in [-0.2, -0.15) is 0 Å². The maximum absolute atomic E-state index is 5.46. The number of aromatic nitrogens is 2. The second-order valence-corrected chi connectivity index (χ2v) is 3.70. The van der Waals surface area contributed by atoms with Crippen LogP contribution in [0.5, 0.6) is 0 Å². The minimum atomic E-state index is 0.205. The van der Waals surface area contributed by atoms with Crippen LogP contribution < -0.4 is 5.32 Å². The zero-order valence-electron chi connectivity index (χ0n) is 9.87. The molecule has 0 saturated heterocycles. The third kappa shape index (κ3) is 4.25. The van der Waals surface area contributed by atoms with Gasteiger partial charge in [-0.3, -0.25) is 0 Å². The number of rotatable bonds is 5. The molecule has 0 unspecified atom stereocenters. The first-order chi connectivity index (χ1) is 7.11. The van der Waals surface area contributed by atoms with E-state index in [1.54, 1.807) is 0 Å². The molecule has 0 spiro atoms. The monoisotopic (exact) mass is 209 g/mol. The van der Waals surface area contributed by atoms with Crippen molar-refractivity contribution in [2.24, 2.45) is 0 Å². The zero-order chi connectivity index (χ0) is 11.3. The van der Waals surface area contributed by atoms with Crippen LogP contribution in [0.3, 0.4) is 0 Å². The molecule has 0 aliphatic heterocycles. The predicted octanol–water partition coefficient (Wildman–Crippen LogP) is 2.14. The van der Waals surface area contributed by atoms with E-state index in [1.807, 2.05) is 33.8 Å². The Morgan fingerprint density at radius 2 is 2.13 bits per heavy atom. The Labute approximate surface area is 91.1 Å². The normalized spacial score (nSPS) is 10.7. The Kier molecular flexibility index (Phi) is 4.49. The first kappa shape index (κ1) is 11.9. The Balaban J connectivity index is 2.70. The van der Waals surface area contributed by atoms with Gasteiger partial charge in [-0.15, -0.1) is 0 Å². The number of nitrogens with zero attached hydrogens (tertiary/aromatic N) is 2. The molecule has 0 radical (unpaired) electrons. The van der Waals surface area contributed by atoms with Crippen LogP contribution in [0, 0.1) is 6.92 Å². The first-order valence-corrected chi connectivity index (χ1v) is 5.32. The van der Waals surface area contributed by atoms with E-state index in [9.17, 15) is 0 Å². The summed E-state index contributed by atoms with van der Waals surface area (Å²) >= 11 is 0. The second-order valence-electron chi connectivity index (χ2n) is 3.70. The van der Waals surface area contributed by atoms with Crippen LogP contribution in [0.2, 0.25) is 0 Å². The van der Waals surface area contributed by atoms with Crippen LogP contribution in [0.25, 0.3) is 0 Å². The lowest BCUT2D eigenvalue weighted by molar-refractivity contribution is 0.0612. The van der Waals surface area contributed by atoms with Crippen molar-refractivity contribution in [2.75, 3.05) is 11.9 Å². The van der Waals surface area contributed by atoms with Crippen LogP contribution in [-0.2, 0) is 11.3 Å². The van der Waals surface area contributed by atoms with E-state index in [0.29, 0.717) is 6.61 Å². The molecule has 84 valence electrons. The van der Waals surface area contributed by atoms with Gasteiger partial charge >= 0.3 is 0 Å². The quantitative estimate of drug-likeness (QED) is 0.807. The van der Waals surface area contributed by atoms with E-state index in [4.69, 9.17) is 4.74 Å². The van der Waals surface area contributed by atoms with Gasteiger partial charge in [-0.1, -0.05) is 0 Å². The maximum atomic E-state index is 5.46. The molecule has 0 aliphatic carbocycles. The van der Waals surface area contributed by atoms with Crippen molar-refractivity contribution < 1.29 is 4.74 Å². The number of hydrogen-bond donors (Lipinski definition) is 1. The molecule has 1 aromatic heterocycles. The van der Waals surface area contributed by atoms with Gasteiger partial charge in [0.05, 0.1) is 6.10 Å². The number of aryl methyl sites for hydroxylation is 1. The van der Waals surface area contributed by atoms with Gasteiger partial charge in [0.15, 0.2) is 5.82 Å². The largest absolute Gasteiger partial charge is 0.371 e. The van der Waals surface area contributed by atoms with Gasteiger partial charge in [0.1, 0.15) is 12.4 Å². The SMILES string of the molecule is CCNc1cc(C)nc(COC(C)C)n1. The molecule has 1 N–H and O–H groups in total. The average molecular weight is 209 g/mol. The molecule has 0 aliphatic rings. The van der Waals surface area contributed by atoms with Crippen LogP contribution in [-0.4, -0.2) is 22.6 Å². The molecule has 0 amide bonds. The van der Waals surface area contributed by atoms with E-state index in [2.05, 4.69) is 15.3 Å². The molecule has 15 heavy (non-hydrogen) atoms. The van der Waals surface area contributed by atoms with Crippen molar-refractivity contribution in [3.8, 4) is 0 Å². The summed E-state index contributed by atoms with van der Waals surface area (Å²) in [4.78, 5) is 8.66. The molecule has 0 saturated carbocycles. The molecule has 4 nitrogen and oxygen atoms in total. The zero-order valence-corrected chi connectivity index (χ0v) is 9.87. The van der Waals surface area contributed by atoms with Gasteiger partial charge in [0, 0.05) is 18.3 Å². The number of hydrogen-bond acceptors (Lipinski definition) is 4. The highest BCUT2D eigenvalue weighted by Gasteiger charge is 2.02. The number of ether oxygens (including phenoxy) is 1. The lowest BCUT2D eigenvalue weighted by atomic mass is 10.4. The molecule has 1 aromatic rings. The van der Waals surface area contributed by atoms with Crippen molar-refractivity contribution in [1.29, 1.82) is 0 Å². The minimum Gasteiger partial charge on any atom is -0.371 e. The van der Waals surface area contributed by atoms with Crippen molar-refractivity contribution >= 4 is 5.82 Å². The fraction of sp³-hybridized carbons (Fsp3) is 0.636. The summed E-state index contributed by atoms with van der Waals surface area (Å²) in [5.74, 6) is 1.60. The second kappa shape index (κ2) is 5.66. The molecular formula is C11H19N3O. The molecule has 0 atom stereocenters. The van der Waals surface area contributed by atoms with Crippen LogP contribution in [0.15, 0.2) is 6.07 Å². The van der Waals surface area contributed by atoms with E-state index < -0.39 is 0 Å². The highest BCUT2D eigenvalue weighted by Crippen LogP contribution is 2.07. The summed E-state index contributed by atoms with van der Waals surface area (Å²) in [5.41, 5.74) is 0.961. The Hall–Kier alpha value is -1.16. The number of nitrogens with one attached hydrogen (secondary N) is 1. The Morgan fingerprint density at radius 3 is 2.73 bits per heavy atom. The van der Waals surface area contributed by atoms with Crippen molar-refractivity contribution in [3.63, 3.8) is 0 Å². The van der Waals surface area contributed by atoms with Crippen molar-refractivity contribution in [2.45, 2.75) is 40.4 Å². The fourth-order valence-electron chi connectivity index (χ4n) is 1.21. The van der Waals surface area contributed by atoms with Crippen molar-refractivity contribution in [3.05, 3.63) is 17.6 Å². The van der Waals surface area contributed by atoms with Gasteiger partial charge in [0.25, 0.3) is 0 Å². The molecule has 0 aromatic carbocycles. The summed E-state index contributed by atoms with van der Waals surface area (Å²) < 4.78 is 5.46. The van der Waals surface area contributed by atoms with Crippen LogP contribution >= 0.6 is 0 Å². The van der Waals surface area contributed by atoms with Gasteiger partial charge in [-0.05, 0) is 27.7 Å². The lowest BCUT2D eigenvalue weighted by Crippen LogP contribution is -2.08. The minimum absolute atomic E-state index is 0.205. The summed E-state index contributed by atoms with van der Waals surface area (Å²) in [6.45, 7) is 9.34. The maximum Gasteiger partial charge on any atom is 0.156 e.